The van der Waals surface area contributed by atoms with Crippen LogP contribution in [0.4, 0.5) is 0 Å². The van der Waals surface area contributed by atoms with Crippen molar-refractivity contribution in [1.82, 2.24) is 10.3 Å². The maximum Gasteiger partial charge on any atom is 0.162 e. The number of hydrogen-bond donors (Lipinski definition) is 1. The molecule has 0 aliphatic heterocycles. The van der Waals surface area contributed by atoms with E-state index >= 15 is 0 Å². The zero-order valence-corrected chi connectivity index (χ0v) is 16.2. The summed E-state index contributed by atoms with van der Waals surface area (Å²) in [5.41, 5.74) is 3.38. The molecular weight excluding hydrogens is 392 g/mol. The molecule has 5 heteroatoms. The van der Waals surface area contributed by atoms with E-state index in [1.165, 1.54) is 0 Å². The van der Waals surface area contributed by atoms with Crippen LogP contribution in [-0.2, 0) is 19.7 Å². The summed E-state index contributed by atoms with van der Waals surface area (Å²) >= 11 is 3.64. The van der Waals surface area contributed by atoms with Gasteiger partial charge in [-0.25, -0.2) is 0 Å². The zero-order chi connectivity index (χ0) is 18.2. The van der Waals surface area contributed by atoms with Gasteiger partial charge in [0.1, 0.15) is 6.61 Å². The molecule has 0 amide bonds. The predicted molar refractivity (Wildman–Crippen MR) is 106 cm³/mol. The van der Waals surface area contributed by atoms with Crippen LogP contribution in [0, 0.1) is 0 Å². The molecule has 1 heterocycles. The van der Waals surface area contributed by atoms with Crippen LogP contribution in [0.5, 0.6) is 11.5 Å². The van der Waals surface area contributed by atoms with E-state index in [1.807, 2.05) is 54.7 Å². The van der Waals surface area contributed by atoms with E-state index in [0.29, 0.717) is 13.2 Å². The smallest absolute Gasteiger partial charge is 0.162 e. The molecule has 0 spiro atoms. The number of aromatic nitrogens is 1. The SMILES string of the molecule is COc1cc(CNCc2cccnc2)c(Br)cc1OCc1ccccc1. The molecule has 4 nitrogen and oxygen atoms in total. The van der Waals surface area contributed by atoms with Crippen LogP contribution in [0.25, 0.3) is 0 Å². The molecule has 0 unspecified atom stereocenters. The van der Waals surface area contributed by atoms with Gasteiger partial charge in [-0.15, -0.1) is 0 Å². The van der Waals surface area contributed by atoms with Crippen molar-refractivity contribution in [3.05, 3.63) is 88.2 Å². The highest BCUT2D eigenvalue weighted by Gasteiger charge is 2.10. The van der Waals surface area contributed by atoms with Crippen molar-refractivity contribution in [2.75, 3.05) is 7.11 Å². The lowest BCUT2D eigenvalue weighted by molar-refractivity contribution is 0.284. The molecule has 1 N–H and O–H groups in total. The highest BCUT2D eigenvalue weighted by atomic mass is 79.9. The summed E-state index contributed by atoms with van der Waals surface area (Å²) in [6.45, 7) is 1.97. The van der Waals surface area contributed by atoms with E-state index in [0.717, 1.165) is 39.2 Å². The van der Waals surface area contributed by atoms with Gasteiger partial charge in [-0.1, -0.05) is 52.3 Å². The van der Waals surface area contributed by atoms with Crippen molar-refractivity contribution in [2.45, 2.75) is 19.7 Å². The summed E-state index contributed by atoms with van der Waals surface area (Å²) in [5.74, 6) is 1.45. The number of nitrogens with one attached hydrogen (secondary N) is 1. The molecule has 26 heavy (non-hydrogen) atoms. The van der Waals surface area contributed by atoms with Crippen molar-refractivity contribution in [1.29, 1.82) is 0 Å². The number of benzene rings is 2. The lowest BCUT2D eigenvalue weighted by Gasteiger charge is -2.14. The monoisotopic (exact) mass is 412 g/mol. The number of pyridine rings is 1. The van der Waals surface area contributed by atoms with Crippen LogP contribution in [0.3, 0.4) is 0 Å². The van der Waals surface area contributed by atoms with Gasteiger partial charge in [0.15, 0.2) is 11.5 Å². The van der Waals surface area contributed by atoms with Crippen molar-refractivity contribution in [3.8, 4) is 11.5 Å². The van der Waals surface area contributed by atoms with Gasteiger partial charge < -0.3 is 14.8 Å². The maximum absolute atomic E-state index is 5.94. The maximum atomic E-state index is 5.94. The van der Waals surface area contributed by atoms with Gasteiger partial charge >= 0.3 is 0 Å². The molecule has 0 aliphatic rings. The Bertz CT molecular complexity index is 826. The van der Waals surface area contributed by atoms with Crippen LogP contribution in [0.15, 0.2) is 71.5 Å². The van der Waals surface area contributed by atoms with Crippen molar-refractivity contribution in [3.63, 3.8) is 0 Å². The van der Waals surface area contributed by atoms with Gasteiger partial charge in [0.05, 0.1) is 7.11 Å². The van der Waals surface area contributed by atoms with Gasteiger partial charge in [-0.05, 0) is 34.9 Å². The van der Waals surface area contributed by atoms with Gasteiger partial charge in [-0.3, -0.25) is 4.98 Å². The fourth-order valence-corrected chi connectivity index (χ4v) is 3.03. The average Bonchev–Trinajstić information content (AvgIpc) is 2.69. The minimum absolute atomic E-state index is 0.502. The molecule has 2 aromatic carbocycles. The largest absolute Gasteiger partial charge is 0.493 e. The van der Waals surface area contributed by atoms with E-state index < -0.39 is 0 Å². The minimum Gasteiger partial charge on any atom is -0.493 e. The van der Waals surface area contributed by atoms with Crippen LogP contribution in [0.1, 0.15) is 16.7 Å². The second-order valence-electron chi connectivity index (χ2n) is 5.83. The Balaban J connectivity index is 1.64. The third-order valence-corrected chi connectivity index (χ3v) is 4.68. The number of halogens is 1. The molecule has 134 valence electrons. The molecule has 0 saturated carbocycles. The van der Waals surface area contributed by atoms with Crippen molar-refractivity contribution >= 4 is 15.9 Å². The first-order chi connectivity index (χ1) is 12.8. The lowest BCUT2D eigenvalue weighted by Crippen LogP contribution is -2.13. The fraction of sp³-hybridized carbons (Fsp3) is 0.190. The Morgan fingerprint density at radius 2 is 1.77 bits per heavy atom. The Labute approximate surface area is 162 Å². The summed E-state index contributed by atoms with van der Waals surface area (Å²) in [4.78, 5) is 4.13. The molecule has 0 saturated heterocycles. The van der Waals surface area contributed by atoms with E-state index in [9.17, 15) is 0 Å². The number of methoxy groups -OCH3 is 1. The predicted octanol–water partition coefficient (Wildman–Crippen LogP) is 4.72. The molecule has 0 radical (unpaired) electrons. The van der Waals surface area contributed by atoms with Crippen LogP contribution in [0.2, 0.25) is 0 Å². The molecule has 0 aliphatic carbocycles. The number of hydrogen-bond acceptors (Lipinski definition) is 4. The summed E-state index contributed by atoms with van der Waals surface area (Å²) in [7, 11) is 1.66. The quantitative estimate of drug-likeness (QED) is 0.580. The molecule has 0 bridgehead atoms. The van der Waals surface area contributed by atoms with Gasteiger partial charge in [-0.2, -0.15) is 0 Å². The first kappa shape index (κ1) is 18.4. The third-order valence-electron chi connectivity index (χ3n) is 3.94. The normalized spacial score (nSPS) is 10.5. The number of nitrogens with zero attached hydrogens (tertiary/aromatic N) is 1. The van der Waals surface area contributed by atoms with Gasteiger partial charge in [0.2, 0.25) is 0 Å². The van der Waals surface area contributed by atoms with E-state index in [-0.39, 0.29) is 0 Å². The summed E-state index contributed by atoms with van der Waals surface area (Å²) in [6, 6.07) is 18.0. The number of rotatable bonds is 8. The highest BCUT2D eigenvalue weighted by Crippen LogP contribution is 2.34. The lowest BCUT2D eigenvalue weighted by atomic mass is 10.2. The second-order valence-corrected chi connectivity index (χ2v) is 6.69. The summed E-state index contributed by atoms with van der Waals surface area (Å²) < 4.78 is 12.4. The Morgan fingerprint density at radius 3 is 2.50 bits per heavy atom. The van der Waals surface area contributed by atoms with Crippen LogP contribution < -0.4 is 14.8 Å². The van der Waals surface area contributed by atoms with Gasteiger partial charge in [0.25, 0.3) is 0 Å². The highest BCUT2D eigenvalue weighted by molar-refractivity contribution is 9.10. The van der Waals surface area contributed by atoms with Crippen LogP contribution >= 0.6 is 15.9 Å². The average molecular weight is 413 g/mol. The molecular formula is C21H21BrN2O2. The summed E-state index contributed by atoms with van der Waals surface area (Å²) in [6.07, 6.45) is 3.64. The van der Waals surface area contributed by atoms with Crippen molar-refractivity contribution < 1.29 is 9.47 Å². The minimum atomic E-state index is 0.502. The first-order valence-corrected chi connectivity index (χ1v) is 9.18. The second kappa shape index (κ2) is 9.36. The molecule has 3 aromatic rings. The van der Waals surface area contributed by atoms with Crippen molar-refractivity contribution in [2.24, 2.45) is 0 Å². The topological polar surface area (TPSA) is 43.4 Å². The molecule has 3 rings (SSSR count). The standard InChI is InChI=1S/C21H21BrN2O2/c1-25-20-10-18(14-24-13-17-8-5-9-23-12-17)19(22)11-21(20)26-15-16-6-3-2-4-7-16/h2-12,24H,13-15H2,1H3. The first-order valence-electron chi connectivity index (χ1n) is 8.39. The Kier molecular flexibility index (Phi) is 6.63. The van der Waals surface area contributed by atoms with Gasteiger partial charge in [0, 0.05) is 30.0 Å². The van der Waals surface area contributed by atoms with E-state index in [4.69, 9.17) is 9.47 Å². The molecule has 0 fully saturated rings. The van der Waals surface area contributed by atoms with E-state index in [1.54, 1.807) is 13.3 Å². The zero-order valence-electron chi connectivity index (χ0n) is 14.6. The molecule has 0 atom stereocenters. The van der Waals surface area contributed by atoms with Crippen LogP contribution in [-0.4, -0.2) is 12.1 Å². The number of ether oxygens (including phenoxy) is 2. The third kappa shape index (κ3) is 5.07. The van der Waals surface area contributed by atoms with E-state index in [2.05, 4.69) is 32.3 Å². The molecule has 1 aromatic heterocycles. The fourth-order valence-electron chi connectivity index (χ4n) is 2.56. The Hall–Kier alpha value is -2.37. The summed E-state index contributed by atoms with van der Waals surface area (Å²) in [5, 5.41) is 3.42. The Morgan fingerprint density at radius 1 is 0.962 bits per heavy atom.